The van der Waals surface area contributed by atoms with Crippen LogP contribution < -0.4 is 5.32 Å². The largest absolute Gasteiger partial charge is 0.394 e. The molecular formula is C44H79NO3. The number of hydrogen-bond donors (Lipinski definition) is 3. The molecule has 0 bridgehead atoms. The fraction of sp³-hybridized carbons (Fsp3) is 0.750. The minimum absolute atomic E-state index is 0.0885. The van der Waals surface area contributed by atoms with E-state index in [1.54, 1.807) is 6.08 Å². The van der Waals surface area contributed by atoms with Crippen molar-refractivity contribution in [1.82, 2.24) is 5.32 Å². The summed E-state index contributed by atoms with van der Waals surface area (Å²) in [6, 6.07) is -0.650. The van der Waals surface area contributed by atoms with Gasteiger partial charge < -0.3 is 15.5 Å². The molecule has 278 valence electrons. The van der Waals surface area contributed by atoms with Gasteiger partial charge in [0.25, 0.3) is 0 Å². The van der Waals surface area contributed by atoms with E-state index in [9.17, 15) is 15.0 Å². The molecule has 48 heavy (non-hydrogen) atoms. The van der Waals surface area contributed by atoms with Crippen LogP contribution in [0.25, 0.3) is 0 Å². The smallest absolute Gasteiger partial charge is 0.220 e. The van der Waals surface area contributed by atoms with Crippen molar-refractivity contribution in [3.63, 3.8) is 0 Å². The highest BCUT2D eigenvalue weighted by Gasteiger charge is 2.17. The van der Waals surface area contributed by atoms with E-state index in [-0.39, 0.29) is 12.5 Å². The zero-order valence-electron chi connectivity index (χ0n) is 31.7. The fourth-order valence-electron chi connectivity index (χ4n) is 5.77. The summed E-state index contributed by atoms with van der Waals surface area (Å²) in [7, 11) is 0. The Morgan fingerprint density at radius 3 is 1.35 bits per heavy atom. The summed E-state index contributed by atoms with van der Waals surface area (Å²) in [4.78, 5) is 12.3. The van der Waals surface area contributed by atoms with Crippen LogP contribution in [-0.2, 0) is 4.79 Å². The molecule has 0 aromatic carbocycles. The number of rotatable bonds is 36. The van der Waals surface area contributed by atoms with Gasteiger partial charge in [-0.25, -0.2) is 0 Å². The van der Waals surface area contributed by atoms with E-state index in [0.29, 0.717) is 6.42 Å². The van der Waals surface area contributed by atoms with Gasteiger partial charge in [0.1, 0.15) is 0 Å². The first-order chi connectivity index (χ1) is 23.7. The third-order valence-corrected chi connectivity index (χ3v) is 8.95. The number of aliphatic hydroxyl groups excluding tert-OH is 2. The molecule has 0 fully saturated rings. The first-order valence-corrected chi connectivity index (χ1v) is 20.5. The van der Waals surface area contributed by atoms with Crippen molar-refractivity contribution in [2.45, 2.75) is 206 Å². The minimum atomic E-state index is -0.874. The van der Waals surface area contributed by atoms with Gasteiger partial charge in [-0.1, -0.05) is 171 Å². The average Bonchev–Trinajstić information content (AvgIpc) is 3.09. The van der Waals surface area contributed by atoms with Gasteiger partial charge in [0.05, 0.1) is 18.8 Å². The van der Waals surface area contributed by atoms with Gasteiger partial charge >= 0.3 is 0 Å². The van der Waals surface area contributed by atoms with E-state index >= 15 is 0 Å². The van der Waals surface area contributed by atoms with E-state index in [1.807, 2.05) is 6.08 Å². The molecule has 0 radical (unpaired) electrons. The number of carbonyl (C=O) groups excluding carboxylic acids is 1. The first kappa shape index (κ1) is 46.1. The highest BCUT2D eigenvalue weighted by Crippen LogP contribution is 2.12. The van der Waals surface area contributed by atoms with Crippen LogP contribution in [0.4, 0.5) is 0 Å². The molecule has 0 heterocycles. The van der Waals surface area contributed by atoms with Crippen molar-refractivity contribution in [2.24, 2.45) is 0 Å². The molecule has 0 saturated heterocycles. The minimum Gasteiger partial charge on any atom is -0.394 e. The lowest BCUT2D eigenvalue weighted by Gasteiger charge is -2.19. The van der Waals surface area contributed by atoms with Crippen molar-refractivity contribution < 1.29 is 15.0 Å². The maximum atomic E-state index is 12.3. The van der Waals surface area contributed by atoms with Gasteiger partial charge in [-0.05, 0) is 77.0 Å². The Bertz CT molecular complexity index is 812. The molecule has 0 rings (SSSR count). The summed E-state index contributed by atoms with van der Waals surface area (Å²) < 4.78 is 0. The fourth-order valence-corrected chi connectivity index (χ4v) is 5.77. The molecule has 4 nitrogen and oxygen atoms in total. The molecule has 1 amide bonds. The maximum Gasteiger partial charge on any atom is 0.220 e. The molecule has 2 atom stereocenters. The number of aliphatic hydroxyl groups is 2. The van der Waals surface area contributed by atoms with Crippen LogP contribution in [-0.4, -0.2) is 34.9 Å². The number of nitrogens with one attached hydrogen (secondary N) is 1. The second-order valence-corrected chi connectivity index (χ2v) is 13.7. The summed E-state index contributed by atoms with van der Waals surface area (Å²) in [5.41, 5.74) is 0. The number of allylic oxidation sites excluding steroid dienone is 9. The summed E-state index contributed by atoms with van der Waals surface area (Å²) in [6.07, 6.45) is 54.5. The van der Waals surface area contributed by atoms with E-state index in [1.165, 1.54) is 122 Å². The van der Waals surface area contributed by atoms with E-state index in [0.717, 1.165) is 51.4 Å². The van der Waals surface area contributed by atoms with Crippen LogP contribution in [0.3, 0.4) is 0 Å². The molecule has 0 saturated carbocycles. The molecule has 3 N–H and O–H groups in total. The molecule has 0 aromatic rings. The second kappa shape index (κ2) is 39.5. The average molecular weight is 670 g/mol. The van der Waals surface area contributed by atoms with Crippen LogP contribution in [0.15, 0.2) is 60.8 Å². The molecule has 2 unspecified atom stereocenters. The predicted octanol–water partition coefficient (Wildman–Crippen LogP) is 12.6. The van der Waals surface area contributed by atoms with Gasteiger partial charge in [0.15, 0.2) is 0 Å². The molecule has 0 spiro atoms. The van der Waals surface area contributed by atoms with Crippen LogP contribution in [0.2, 0.25) is 0 Å². The Labute approximate surface area is 298 Å². The van der Waals surface area contributed by atoms with Crippen molar-refractivity contribution >= 4 is 5.91 Å². The predicted molar refractivity (Wildman–Crippen MR) is 211 cm³/mol. The van der Waals surface area contributed by atoms with E-state index in [2.05, 4.69) is 67.8 Å². The van der Waals surface area contributed by atoms with Crippen LogP contribution in [0, 0.1) is 0 Å². The molecular weight excluding hydrogens is 590 g/mol. The Kier molecular flexibility index (Phi) is 38.0. The second-order valence-electron chi connectivity index (χ2n) is 13.7. The number of unbranched alkanes of at least 4 members (excludes halogenated alkanes) is 21. The first-order valence-electron chi connectivity index (χ1n) is 20.5. The highest BCUT2D eigenvalue weighted by molar-refractivity contribution is 5.76. The summed E-state index contributed by atoms with van der Waals surface area (Å²) in [5.74, 6) is -0.0885. The summed E-state index contributed by atoms with van der Waals surface area (Å²) >= 11 is 0. The van der Waals surface area contributed by atoms with Gasteiger partial charge in [0.2, 0.25) is 5.91 Å². The zero-order valence-corrected chi connectivity index (χ0v) is 31.7. The summed E-state index contributed by atoms with van der Waals surface area (Å²) in [6.45, 7) is 4.26. The Balaban J connectivity index is 3.70. The quantitative estimate of drug-likeness (QED) is 0.0459. The molecule has 0 aromatic heterocycles. The van der Waals surface area contributed by atoms with Crippen molar-refractivity contribution in [3.8, 4) is 0 Å². The van der Waals surface area contributed by atoms with Crippen molar-refractivity contribution in [2.75, 3.05) is 6.61 Å². The molecule has 4 heteroatoms. The monoisotopic (exact) mass is 670 g/mol. The number of hydrogen-bond acceptors (Lipinski definition) is 3. The molecule has 0 aliphatic carbocycles. The van der Waals surface area contributed by atoms with Gasteiger partial charge in [0, 0.05) is 6.42 Å². The normalized spacial score (nSPS) is 13.7. The molecule has 0 aliphatic rings. The van der Waals surface area contributed by atoms with Gasteiger partial charge in [-0.3, -0.25) is 4.79 Å². The lowest BCUT2D eigenvalue weighted by Crippen LogP contribution is -2.45. The van der Waals surface area contributed by atoms with Crippen LogP contribution >= 0.6 is 0 Å². The Hall–Kier alpha value is -1.91. The SMILES string of the molecule is CCCCCC/C=C\C/C=C\CCCCCCCCCC(=O)NC(CO)C(O)/C=C/CC/C=C/CC/C=C/CCCCCCCCCC. The third-order valence-electron chi connectivity index (χ3n) is 8.95. The van der Waals surface area contributed by atoms with Crippen molar-refractivity contribution in [3.05, 3.63) is 60.8 Å². The van der Waals surface area contributed by atoms with Crippen molar-refractivity contribution in [1.29, 1.82) is 0 Å². The zero-order chi connectivity index (χ0) is 35.0. The third kappa shape index (κ3) is 35.4. The standard InChI is InChI=1S/C44H79NO3/c1-3-5-7-9-11-13-15-17-19-21-23-25-27-29-31-33-35-37-39-43(47)42(41-46)45-44(48)40-38-36-34-32-30-28-26-24-22-20-18-16-14-12-10-8-6-4-2/h14,16,20-23,29,31,37,39,42-43,46-47H,3-13,15,17-19,24-28,30,32-36,38,40-41H2,1-2H3,(H,45,48)/b16-14-,22-20-,23-21+,31-29+,39-37+. The highest BCUT2D eigenvalue weighted by atomic mass is 16.3. The van der Waals surface area contributed by atoms with Gasteiger partial charge in [-0.15, -0.1) is 0 Å². The van der Waals surface area contributed by atoms with Crippen LogP contribution in [0.5, 0.6) is 0 Å². The lowest BCUT2D eigenvalue weighted by atomic mass is 10.1. The van der Waals surface area contributed by atoms with Gasteiger partial charge in [-0.2, -0.15) is 0 Å². The Morgan fingerprint density at radius 1 is 0.500 bits per heavy atom. The number of carbonyl (C=O) groups is 1. The topological polar surface area (TPSA) is 69.6 Å². The number of amides is 1. The maximum absolute atomic E-state index is 12.3. The van der Waals surface area contributed by atoms with E-state index in [4.69, 9.17) is 0 Å². The summed E-state index contributed by atoms with van der Waals surface area (Å²) in [5, 5.41) is 22.9. The lowest BCUT2D eigenvalue weighted by molar-refractivity contribution is -0.123. The van der Waals surface area contributed by atoms with Crippen LogP contribution in [0.1, 0.15) is 194 Å². The molecule has 0 aliphatic heterocycles. The van der Waals surface area contributed by atoms with E-state index < -0.39 is 12.1 Å². The Morgan fingerprint density at radius 2 is 0.875 bits per heavy atom.